The number of fused-ring (bicyclic) bond motifs is 1. The highest BCUT2D eigenvalue weighted by molar-refractivity contribution is 6.06. The van der Waals surface area contributed by atoms with Crippen molar-refractivity contribution in [2.45, 2.75) is 26.0 Å². The average molecular weight is 370 g/mol. The standard InChI is InChI=1S/C18H19FN6O2/c1-18(2,27)17(26)23-22-15(20)14-12-7-5-9-21-16(12)25(24-14)10-11-6-3-4-8-13(11)19/h3-9,27H,10H2,1-2H3,(H2,20,22)(H,23,26). The molecule has 0 aliphatic rings. The van der Waals surface area contributed by atoms with Crippen molar-refractivity contribution >= 4 is 22.8 Å². The number of aliphatic hydroxyl groups is 1. The Bertz CT molecular complexity index is 1020. The average Bonchev–Trinajstić information content (AvgIpc) is 2.99. The number of nitrogens with one attached hydrogen (secondary N) is 1. The molecule has 0 atom stereocenters. The molecule has 0 unspecified atom stereocenters. The Hall–Kier alpha value is -3.33. The van der Waals surface area contributed by atoms with Gasteiger partial charge in [-0.05, 0) is 32.0 Å². The second kappa shape index (κ2) is 7.12. The first-order valence-corrected chi connectivity index (χ1v) is 8.18. The van der Waals surface area contributed by atoms with Crippen molar-refractivity contribution in [3.05, 3.63) is 59.7 Å². The Labute approximate surface area is 154 Å². The van der Waals surface area contributed by atoms with Crippen LogP contribution in [0.3, 0.4) is 0 Å². The van der Waals surface area contributed by atoms with Crippen molar-refractivity contribution in [3.8, 4) is 0 Å². The van der Waals surface area contributed by atoms with Gasteiger partial charge in [-0.3, -0.25) is 4.79 Å². The second-order valence-electron chi connectivity index (χ2n) is 6.47. The van der Waals surface area contributed by atoms with Gasteiger partial charge in [0.1, 0.15) is 17.1 Å². The van der Waals surface area contributed by atoms with E-state index in [9.17, 15) is 14.3 Å². The number of hydrogen-bond donors (Lipinski definition) is 3. The number of nitrogens with zero attached hydrogens (tertiary/aromatic N) is 4. The summed E-state index contributed by atoms with van der Waals surface area (Å²) in [6, 6.07) is 9.84. The lowest BCUT2D eigenvalue weighted by Gasteiger charge is -2.13. The molecule has 0 bridgehead atoms. The highest BCUT2D eigenvalue weighted by Crippen LogP contribution is 2.18. The summed E-state index contributed by atoms with van der Waals surface area (Å²) in [7, 11) is 0. The summed E-state index contributed by atoms with van der Waals surface area (Å²) in [6.45, 7) is 2.82. The molecule has 0 aliphatic heterocycles. The lowest BCUT2D eigenvalue weighted by molar-refractivity contribution is -0.136. The molecule has 3 aromatic rings. The lowest BCUT2D eigenvalue weighted by Crippen LogP contribution is -2.40. The van der Waals surface area contributed by atoms with E-state index in [4.69, 9.17) is 5.73 Å². The van der Waals surface area contributed by atoms with E-state index in [0.29, 0.717) is 22.3 Å². The first-order valence-electron chi connectivity index (χ1n) is 8.18. The molecule has 1 aromatic carbocycles. The van der Waals surface area contributed by atoms with E-state index in [1.54, 1.807) is 36.5 Å². The molecule has 9 heteroatoms. The number of halogens is 1. The van der Waals surface area contributed by atoms with Gasteiger partial charge < -0.3 is 10.8 Å². The molecule has 0 fully saturated rings. The van der Waals surface area contributed by atoms with Gasteiger partial charge in [0.15, 0.2) is 11.5 Å². The summed E-state index contributed by atoms with van der Waals surface area (Å²) in [4.78, 5) is 16.0. The molecule has 4 N–H and O–H groups in total. The van der Waals surface area contributed by atoms with Gasteiger partial charge in [0.25, 0.3) is 5.91 Å². The summed E-state index contributed by atoms with van der Waals surface area (Å²) >= 11 is 0. The fourth-order valence-electron chi connectivity index (χ4n) is 2.40. The van der Waals surface area contributed by atoms with E-state index in [1.807, 2.05) is 0 Å². The van der Waals surface area contributed by atoms with Gasteiger partial charge in [0.2, 0.25) is 0 Å². The van der Waals surface area contributed by atoms with Crippen LogP contribution in [0.2, 0.25) is 0 Å². The Morgan fingerprint density at radius 1 is 1.33 bits per heavy atom. The van der Waals surface area contributed by atoms with Gasteiger partial charge in [0.05, 0.1) is 11.9 Å². The van der Waals surface area contributed by atoms with Crippen LogP contribution in [-0.4, -0.2) is 37.2 Å². The van der Waals surface area contributed by atoms with E-state index in [-0.39, 0.29) is 18.2 Å². The second-order valence-corrected chi connectivity index (χ2v) is 6.47. The van der Waals surface area contributed by atoms with Crippen molar-refractivity contribution in [1.29, 1.82) is 0 Å². The predicted octanol–water partition coefficient (Wildman–Crippen LogP) is 1.13. The van der Waals surface area contributed by atoms with Crippen LogP contribution >= 0.6 is 0 Å². The number of benzene rings is 1. The van der Waals surface area contributed by atoms with E-state index < -0.39 is 11.5 Å². The molecule has 0 spiro atoms. The zero-order valence-electron chi connectivity index (χ0n) is 14.8. The minimum Gasteiger partial charge on any atom is -0.381 e. The number of nitrogens with two attached hydrogens (primary N) is 1. The summed E-state index contributed by atoms with van der Waals surface area (Å²) in [5.74, 6) is -1.12. The molecule has 0 radical (unpaired) electrons. The number of aromatic nitrogens is 3. The summed E-state index contributed by atoms with van der Waals surface area (Å²) in [5.41, 5.74) is 7.81. The van der Waals surface area contributed by atoms with Gasteiger partial charge in [0, 0.05) is 11.8 Å². The fourth-order valence-corrected chi connectivity index (χ4v) is 2.40. The van der Waals surface area contributed by atoms with Crippen molar-refractivity contribution < 1.29 is 14.3 Å². The summed E-state index contributed by atoms with van der Waals surface area (Å²) < 4.78 is 15.5. The molecule has 140 valence electrons. The molecule has 3 rings (SSSR count). The minimum atomic E-state index is -1.60. The molecule has 2 aromatic heterocycles. The third-order valence-electron chi connectivity index (χ3n) is 3.86. The number of pyridine rings is 1. The van der Waals surface area contributed by atoms with Crippen molar-refractivity contribution in [3.63, 3.8) is 0 Å². The zero-order chi connectivity index (χ0) is 19.6. The number of hydrazone groups is 1. The number of carbonyl (C=O) groups excluding carboxylic acids is 1. The maximum Gasteiger partial charge on any atom is 0.271 e. The fraction of sp³-hybridized carbons (Fsp3) is 0.222. The van der Waals surface area contributed by atoms with Gasteiger partial charge >= 0.3 is 0 Å². The van der Waals surface area contributed by atoms with Crippen molar-refractivity contribution in [2.75, 3.05) is 0 Å². The topological polar surface area (TPSA) is 118 Å². The molecule has 2 heterocycles. The summed E-state index contributed by atoms with van der Waals surface area (Å²) in [6.07, 6.45) is 1.59. The number of hydrogen-bond acceptors (Lipinski definition) is 5. The van der Waals surface area contributed by atoms with Crippen LogP contribution < -0.4 is 11.2 Å². The Morgan fingerprint density at radius 3 is 2.78 bits per heavy atom. The molecule has 0 saturated carbocycles. The molecule has 1 amide bonds. The molecular formula is C18H19FN6O2. The highest BCUT2D eigenvalue weighted by atomic mass is 19.1. The third-order valence-corrected chi connectivity index (χ3v) is 3.86. The van der Waals surface area contributed by atoms with E-state index in [1.165, 1.54) is 24.6 Å². The van der Waals surface area contributed by atoms with E-state index in [0.717, 1.165) is 0 Å². The quantitative estimate of drug-likeness (QED) is 0.353. The molecule has 0 saturated heterocycles. The zero-order valence-corrected chi connectivity index (χ0v) is 14.8. The van der Waals surface area contributed by atoms with Crippen molar-refractivity contribution in [1.82, 2.24) is 20.2 Å². The molecule has 8 nitrogen and oxygen atoms in total. The van der Waals surface area contributed by atoms with E-state index >= 15 is 0 Å². The van der Waals surface area contributed by atoms with Crippen LogP contribution in [0.1, 0.15) is 25.1 Å². The number of carbonyl (C=O) groups is 1. The van der Waals surface area contributed by atoms with Gasteiger partial charge in [-0.2, -0.15) is 10.2 Å². The normalized spacial score (nSPS) is 12.4. The molecular weight excluding hydrogens is 351 g/mol. The van der Waals surface area contributed by atoms with Crippen LogP contribution in [0.25, 0.3) is 11.0 Å². The maximum absolute atomic E-state index is 14.0. The molecule has 0 aliphatic carbocycles. The SMILES string of the molecule is CC(C)(O)C(=O)N/N=C(\N)c1nn(Cc2ccccc2F)c2ncccc12. The van der Waals surface area contributed by atoms with Crippen LogP contribution in [0.4, 0.5) is 4.39 Å². The molecule has 27 heavy (non-hydrogen) atoms. The third kappa shape index (κ3) is 3.93. The Balaban J connectivity index is 1.97. The Morgan fingerprint density at radius 2 is 2.07 bits per heavy atom. The lowest BCUT2D eigenvalue weighted by atomic mass is 10.1. The first-order chi connectivity index (χ1) is 12.8. The maximum atomic E-state index is 14.0. The number of amidine groups is 1. The predicted molar refractivity (Wildman–Crippen MR) is 98.2 cm³/mol. The number of amides is 1. The monoisotopic (exact) mass is 370 g/mol. The van der Waals surface area contributed by atoms with Crippen molar-refractivity contribution in [2.24, 2.45) is 10.8 Å². The minimum absolute atomic E-state index is 0.0575. The van der Waals surface area contributed by atoms with E-state index in [2.05, 4.69) is 20.6 Å². The van der Waals surface area contributed by atoms with Gasteiger partial charge in [-0.1, -0.05) is 18.2 Å². The van der Waals surface area contributed by atoms with Crippen LogP contribution in [0.5, 0.6) is 0 Å². The number of rotatable bonds is 5. The van der Waals surface area contributed by atoms with Crippen LogP contribution in [0, 0.1) is 5.82 Å². The largest absolute Gasteiger partial charge is 0.381 e. The van der Waals surface area contributed by atoms with Gasteiger partial charge in [-0.15, -0.1) is 0 Å². The summed E-state index contributed by atoms with van der Waals surface area (Å²) in [5, 5.41) is 18.4. The van der Waals surface area contributed by atoms with Crippen LogP contribution in [0.15, 0.2) is 47.7 Å². The first kappa shape index (κ1) is 18.5. The smallest absolute Gasteiger partial charge is 0.271 e. The highest BCUT2D eigenvalue weighted by Gasteiger charge is 2.24. The Kier molecular flexibility index (Phi) is 4.87. The van der Waals surface area contributed by atoms with Gasteiger partial charge in [-0.25, -0.2) is 19.5 Å². The van der Waals surface area contributed by atoms with Crippen LogP contribution in [-0.2, 0) is 11.3 Å².